The van der Waals surface area contributed by atoms with Crippen LogP contribution in [-0.2, 0) is 27.2 Å². The van der Waals surface area contributed by atoms with Gasteiger partial charge in [-0.25, -0.2) is 0 Å². The smallest absolute Gasteiger partial charge is 0.230 e. The number of amides is 3. The standard InChI is InChI=1S/C32H43N7O3S/c1-21(2)31(42)35-22(3)25-13-9-12-24(18-25)20-28(40)36-27(34)17-16-26(33)14-7-8-15-30-38-39-32(43-30)37-29(41)19-23-10-5-4-6-11-23/h4-6,9-12,16-18,21-22,25H,7-8,13-15,19-20,33-34H2,1-3H3,(H,35,42)(H,36,40)(H,37,39,41)/b26-16-,27-17+. The number of nitrogens with two attached hydrogens (primary N) is 2. The summed E-state index contributed by atoms with van der Waals surface area (Å²) in [7, 11) is 0. The number of rotatable bonds is 15. The van der Waals surface area contributed by atoms with Crippen molar-refractivity contribution in [2.75, 3.05) is 5.32 Å². The number of unbranched alkanes of at least 4 members (excludes halogenated alkanes) is 1. The van der Waals surface area contributed by atoms with Gasteiger partial charge < -0.3 is 27.4 Å². The number of benzene rings is 1. The first-order chi connectivity index (χ1) is 20.6. The molecular formula is C32H43N7O3S. The summed E-state index contributed by atoms with van der Waals surface area (Å²) in [4.78, 5) is 36.8. The fourth-order valence-electron chi connectivity index (χ4n) is 4.41. The fraction of sp³-hybridized carbons (Fsp3) is 0.406. The first kappa shape index (κ1) is 33.3. The van der Waals surface area contributed by atoms with Crippen LogP contribution in [-0.4, -0.2) is 34.0 Å². The molecule has 0 fully saturated rings. The zero-order chi connectivity index (χ0) is 31.2. The second-order valence-corrected chi connectivity index (χ2v) is 12.1. The highest BCUT2D eigenvalue weighted by atomic mass is 32.1. The van der Waals surface area contributed by atoms with Gasteiger partial charge in [0, 0.05) is 30.0 Å². The third-order valence-electron chi connectivity index (χ3n) is 6.86. The van der Waals surface area contributed by atoms with Gasteiger partial charge in [0.1, 0.15) is 10.8 Å². The highest BCUT2D eigenvalue weighted by Crippen LogP contribution is 2.22. The third-order valence-corrected chi connectivity index (χ3v) is 7.76. The Bertz CT molecular complexity index is 1360. The molecule has 1 heterocycles. The van der Waals surface area contributed by atoms with Crippen molar-refractivity contribution < 1.29 is 14.4 Å². The maximum Gasteiger partial charge on any atom is 0.230 e. The van der Waals surface area contributed by atoms with E-state index in [2.05, 4.69) is 26.1 Å². The van der Waals surface area contributed by atoms with Crippen molar-refractivity contribution in [1.29, 1.82) is 0 Å². The first-order valence-electron chi connectivity index (χ1n) is 14.6. The van der Waals surface area contributed by atoms with Gasteiger partial charge in [-0.05, 0) is 55.9 Å². The van der Waals surface area contributed by atoms with Gasteiger partial charge in [0.15, 0.2) is 0 Å². The van der Waals surface area contributed by atoms with Crippen molar-refractivity contribution in [2.45, 2.75) is 71.8 Å². The Morgan fingerprint density at radius 1 is 1.02 bits per heavy atom. The molecule has 1 aliphatic rings. The maximum absolute atomic E-state index is 12.5. The minimum Gasteiger partial charge on any atom is -0.402 e. The molecule has 43 heavy (non-hydrogen) atoms. The van der Waals surface area contributed by atoms with Crippen LogP contribution in [0.25, 0.3) is 0 Å². The molecule has 230 valence electrons. The number of hydrogen-bond acceptors (Lipinski definition) is 8. The minimum absolute atomic E-state index is 0.0207. The van der Waals surface area contributed by atoms with Crippen molar-refractivity contribution in [3.63, 3.8) is 0 Å². The number of anilines is 1. The van der Waals surface area contributed by atoms with Crippen LogP contribution in [0.2, 0.25) is 0 Å². The minimum atomic E-state index is -0.219. The Hall–Kier alpha value is -4.25. The molecule has 2 unspecified atom stereocenters. The monoisotopic (exact) mass is 605 g/mol. The molecule has 0 aliphatic heterocycles. The lowest BCUT2D eigenvalue weighted by atomic mass is 9.89. The number of nitrogens with one attached hydrogen (secondary N) is 3. The van der Waals surface area contributed by atoms with E-state index in [0.717, 1.165) is 41.8 Å². The molecule has 3 amide bonds. The quantitative estimate of drug-likeness (QED) is 0.150. The summed E-state index contributed by atoms with van der Waals surface area (Å²) in [5, 5.41) is 18.1. The Morgan fingerprint density at radius 2 is 1.79 bits per heavy atom. The van der Waals surface area contributed by atoms with E-state index in [1.807, 2.05) is 69.3 Å². The van der Waals surface area contributed by atoms with Crippen molar-refractivity contribution in [3.05, 3.63) is 88.4 Å². The number of aromatic nitrogens is 2. The largest absolute Gasteiger partial charge is 0.402 e. The van der Waals surface area contributed by atoms with Gasteiger partial charge in [-0.15, -0.1) is 10.2 Å². The van der Waals surface area contributed by atoms with E-state index in [1.165, 1.54) is 11.3 Å². The van der Waals surface area contributed by atoms with E-state index in [4.69, 9.17) is 11.5 Å². The number of allylic oxidation sites excluding steroid dienone is 5. The summed E-state index contributed by atoms with van der Waals surface area (Å²) in [5.41, 5.74) is 14.6. The number of hydrogen-bond donors (Lipinski definition) is 5. The van der Waals surface area contributed by atoms with Crippen molar-refractivity contribution in [2.24, 2.45) is 23.3 Å². The molecule has 11 heteroatoms. The van der Waals surface area contributed by atoms with Crippen LogP contribution in [0.4, 0.5) is 5.13 Å². The number of nitrogens with zero attached hydrogens (tertiary/aromatic N) is 2. The molecule has 3 rings (SSSR count). The molecule has 1 aliphatic carbocycles. The Kier molecular flexibility index (Phi) is 13.2. The van der Waals surface area contributed by atoms with Gasteiger partial charge in [0.05, 0.1) is 12.8 Å². The fourth-order valence-corrected chi connectivity index (χ4v) is 5.20. The second-order valence-electron chi connectivity index (χ2n) is 11.0. The van der Waals surface area contributed by atoms with Crippen LogP contribution in [0.5, 0.6) is 0 Å². The maximum atomic E-state index is 12.5. The highest BCUT2D eigenvalue weighted by Gasteiger charge is 2.20. The zero-order valence-corrected chi connectivity index (χ0v) is 26.0. The van der Waals surface area contributed by atoms with Crippen LogP contribution in [0.3, 0.4) is 0 Å². The molecule has 0 saturated heterocycles. The molecular weight excluding hydrogens is 562 g/mol. The molecule has 0 spiro atoms. The molecule has 1 aromatic carbocycles. The first-order valence-corrected chi connectivity index (χ1v) is 15.5. The Labute approximate surface area is 257 Å². The topological polar surface area (TPSA) is 165 Å². The lowest BCUT2D eigenvalue weighted by Crippen LogP contribution is -2.40. The molecule has 7 N–H and O–H groups in total. The van der Waals surface area contributed by atoms with Crippen LogP contribution >= 0.6 is 11.3 Å². The SMILES string of the molecule is CC(C)C(=O)NC(C)C1C=C(CC(=O)N/C(N)=C/C=C(\N)CCCCc2nnc(NC(=O)Cc3ccccc3)s2)C=CC1. The number of carbonyl (C=O) groups is 3. The summed E-state index contributed by atoms with van der Waals surface area (Å²) in [6.07, 6.45) is 13.7. The summed E-state index contributed by atoms with van der Waals surface area (Å²) in [6.45, 7) is 5.72. The summed E-state index contributed by atoms with van der Waals surface area (Å²) in [5.74, 6) is -0.0405. The van der Waals surface area contributed by atoms with Crippen LogP contribution in [0.1, 0.15) is 63.4 Å². The van der Waals surface area contributed by atoms with E-state index in [1.54, 1.807) is 12.2 Å². The van der Waals surface area contributed by atoms with E-state index >= 15 is 0 Å². The Balaban J connectivity index is 1.35. The third kappa shape index (κ3) is 12.3. The van der Waals surface area contributed by atoms with Gasteiger partial charge in [0.25, 0.3) is 0 Å². The molecule has 2 atom stereocenters. The molecule has 0 saturated carbocycles. The predicted octanol–water partition coefficient (Wildman–Crippen LogP) is 4.24. The normalized spacial score (nSPS) is 16.0. The molecule has 1 aromatic heterocycles. The number of carbonyl (C=O) groups excluding carboxylic acids is 3. The Morgan fingerprint density at radius 3 is 2.53 bits per heavy atom. The van der Waals surface area contributed by atoms with Crippen LogP contribution in [0, 0.1) is 11.8 Å². The lowest BCUT2D eigenvalue weighted by Gasteiger charge is -2.25. The second kappa shape index (κ2) is 17.0. The van der Waals surface area contributed by atoms with E-state index in [-0.39, 0.29) is 47.8 Å². The summed E-state index contributed by atoms with van der Waals surface area (Å²) < 4.78 is 0. The number of aryl methyl sites for hydroxylation is 1. The van der Waals surface area contributed by atoms with Gasteiger partial charge in [0.2, 0.25) is 22.9 Å². The summed E-state index contributed by atoms with van der Waals surface area (Å²) >= 11 is 1.38. The lowest BCUT2D eigenvalue weighted by molar-refractivity contribution is -0.125. The average Bonchev–Trinajstić information content (AvgIpc) is 3.41. The van der Waals surface area contributed by atoms with Crippen molar-refractivity contribution in [3.8, 4) is 0 Å². The summed E-state index contributed by atoms with van der Waals surface area (Å²) in [6, 6.07) is 9.52. The van der Waals surface area contributed by atoms with Gasteiger partial charge in [-0.2, -0.15) is 0 Å². The molecule has 0 radical (unpaired) electrons. The van der Waals surface area contributed by atoms with Crippen molar-refractivity contribution >= 4 is 34.2 Å². The van der Waals surface area contributed by atoms with Crippen LogP contribution in [0.15, 0.2) is 77.8 Å². The van der Waals surface area contributed by atoms with Gasteiger partial charge >= 0.3 is 0 Å². The highest BCUT2D eigenvalue weighted by molar-refractivity contribution is 7.15. The van der Waals surface area contributed by atoms with Gasteiger partial charge in [-0.1, -0.05) is 73.7 Å². The van der Waals surface area contributed by atoms with Gasteiger partial charge in [-0.3, -0.25) is 14.4 Å². The molecule has 10 nitrogen and oxygen atoms in total. The molecule has 2 aromatic rings. The molecule has 0 bridgehead atoms. The average molecular weight is 606 g/mol. The van der Waals surface area contributed by atoms with E-state index in [0.29, 0.717) is 23.7 Å². The van der Waals surface area contributed by atoms with Crippen molar-refractivity contribution in [1.82, 2.24) is 20.8 Å². The predicted molar refractivity (Wildman–Crippen MR) is 171 cm³/mol. The van der Waals surface area contributed by atoms with E-state index < -0.39 is 0 Å². The van der Waals surface area contributed by atoms with Crippen LogP contribution < -0.4 is 27.4 Å². The zero-order valence-electron chi connectivity index (χ0n) is 25.1. The van der Waals surface area contributed by atoms with E-state index in [9.17, 15) is 14.4 Å².